The van der Waals surface area contributed by atoms with Crippen LogP contribution in [-0.2, 0) is 10.0 Å². The van der Waals surface area contributed by atoms with Crippen molar-refractivity contribution >= 4 is 44.4 Å². The molecule has 2 aromatic heterocycles. The molecule has 0 unspecified atom stereocenters. The zero-order chi connectivity index (χ0) is 17.3. The molecule has 0 aliphatic rings. The van der Waals surface area contributed by atoms with Crippen LogP contribution in [0.3, 0.4) is 0 Å². The van der Waals surface area contributed by atoms with Crippen molar-refractivity contribution in [2.45, 2.75) is 5.03 Å². The van der Waals surface area contributed by atoms with E-state index in [2.05, 4.69) is 9.71 Å². The molecule has 10 heteroatoms. The first kappa shape index (κ1) is 16.6. The first-order valence-corrected chi connectivity index (χ1v) is 9.65. The van der Waals surface area contributed by atoms with Gasteiger partial charge in [-0.05, 0) is 30.3 Å². The maximum atomic E-state index is 12.9. The number of nitrogens with zero attached hydrogens (tertiary/aromatic N) is 1. The van der Waals surface area contributed by atoms with Gasteiger partial charge in [-0.3, -0.25) is 4.72 Å². The van der Waals surface area contributed by atoms with E-state index in [0.29, 0.717) is 10.6 Å². The molecule has 0 saturated carbocycles. The highest BCUT2D eigenvalue weighted by Gasteiger charge is 2.20. The van der Waals surface area contributed by atoms with Gasteiger partial charge in [0.15, 0.2) is 5.03 Å². The number of carboxylic acids is 1. The summed E-state index contributed by atoms with van der Waals surface area (Å²) in [5.41, 5.74) is 0.764. The summed E-state index contributed by atoms with van der Waals surface area (Å²) in [6.45, 7) is 0. The fourth-order valence-electron chi connectivity index (χ4n) is 1.82. The van der Waals surface area contributed by atoms with E-state index in [-0.39, 0.29) is 15.6 Å². The molecule has 0 fully saturated rings. The summed E-state index contributed by atoms with van der Waals surface area (Å²) in [5.74, 6) is -1.52. The molecule has 6 nitrogen and oxygen atoms in total. The van der Waals surface area contributed by atoms with Gasteiger partial charge in [0.1, 0.15) is 15.7 Å². The maximum absolute atomic E-state index is 12.9. The molecule has 0 bridgehead atoms. The average molecular weight is 384 g/mol. The van der Waals surface area contributed by atoms with Crippen LogP contribution in [-0.4, -0.2) is 24.5 Å². The van der Waals surface area contributed by atoms with Gasteiger partial charge in [-0.2, -0.15) is 8.42 Å². The van der Waals surface area contributed by atoms with E-state index in [1.165, 1.54) is 41.1 Å². The quantitative estimate of drug-likeness (QED) is 0.702. The van der Waals surface area contributed by atoms with Crippen LogP contribution in [0.1, 0.15) is 9.67 Å². The second-order valence-corrected chi connectivity index (χ2v) is 8.01. The molecular formula is C14H9FN2O4S3. The SMILES string of the molecule is O=C(O)c1cc(NS(=O)(=O)c2csc(-c3ccc(F)cc3)n2)cs1. The lowest BCUT2D eigenvalue weighted by Crippen LogP contribution is -2.12. The fraction of sp³-hybridized carbons (Fsp3) is 0. The molecule has 0 aliphatic carbocycles. The van der Waals surface area contributed by atoms with E-state index in [1.54, 1.807) is 0 Å². The van der Waals surface area contributed by atoms with Crippen LogP contribution in [0, 0.1) is 5.82 Å². The van der Waals surface area contributed by atoms with Crippen LogP contribution in [0.4, 0.5) is 10.1 Å². The number of rotatable bonds is 5. The lowest BCUT2D eigenvalue weighted by Gasteiger charge is -2.02. The number of carboxylic acid groups (broad SMARTS) is 1. The predicted molar refractivity (Wildman–Crippen MR) is 89.6 cm³/mol. The van der Waals surface area contributed by atoms with E-state index in [0.717, 1.165) is 22.7 Å². The zero-order valence-corrected chi connectivity index (χ0v) is 14.2. The van der Waals surface area contributed by atoms with E-state index >= 15 is 0 Å². The molecule has 0 atom stereocenters. The summed E-state index contributed by atoms with van der Waals surface area (Å²) in [6.07, 6.45) is 0. The predicted octanol–water partition coefficient (Wildman–Crippen LogP) is 3.51. The van der Waals surface area contributed by atoms with Crippen molar-refractivity contribution in [1.29, 1.82) is 0 Å². The molecule has 3 rings (SSSR count). The van der Waals surface area contributed by atoms with Crippen LogP contribution in [0.15, 0.2) is 46.1 Å². The number of thiazole rings is 1. The number of thiophene rings is 1. The number of nitrogens with one attached hydrogen (secondary N) is 1. The topological polar surface area (TPSA) is 96.4 Å². The Morgan fingerprint density at radius 1 is 1.17 bits per heavy atom. The molecule has 0 saturated heterocycles. The average Bonchev–Trinajstić information content (AvgIpc) is 3.17. The van der Waals surface area contributed by atoms with Crippen molar-refractivity contribution in [3.63, 3.8) is 0 Å². The molecule has 2 N–H and O–H groups in total. The summed E-state index contributed by atoms with van der Waals surface area (Å²) >= 11 is 2.03. The van der Waals surface area contributed by atoms with Gasteiger partial charge in [-0.25, -0.2) is 14.2 Å². The maximum Gasteiger partial charge on any atom is 0.345 e. The Hall–Kier alpha value is -2.30. The van der Waals surface area contributed by atoms with Crippen molar-refractivity contribution in [1.82, 2.24) is 4.98 Å². The highest BCUT2D eigenvalue weighted by molar-refractivity contribution is 7.92. The Balaban J connectivity index is 1.84. The van der Waals surface area contributed by atoms with Gasteiger partial charge >= 0.3 is 5.97 Å². The Morgan fingerprint density at radius 2 is 1.88 bits per heavy atom. The van der Waals surface area contributed by atoms with Crippen LogP contribution in [0.25, 0.3) is 10.6 Å². The first-order chi connectivity index (χ1) is 11.3. The minimum absolute atomic E-state index is 0.0259. The minimum Gasteiger partial charge on any atom is -0.477 e. The molecule has 0 radical (unpaired) electrons. The van der Waals surface area contributed by atoms with Gasteiger partial charge in [0.05, 0.1) is 5.69 Å². The number of aromatic carboxylic acids is 1. The van der Waals surface area contributed by atoms with Crippen LogP contribution in [0.5, 0.6) is 0 Å². The lowest BCUT2D eigenvalue weighted by atomic mass is 10.2. The summed E-state index contributed by atoms with van der Waals surface area (Å²) in [6, 6.07) is 6.79. The van der Waals surface area contributed by atoms with E-state index in [4.69, 9.17) is 5.11 Å². The number of hydrogen-bond acceptors (Lipinski definition) is 6. The number of anilines is 1. The Labute approximate surface area is 144 Å². The highest BCUT2D eigenvalue weighted by atomic mass is 32.2. The number of aromatic nitrogens is 1. The second kappa shape index (κ2) is 6.30. The van der Waals surface area contributed by atoms with Gasteiger partial charge in [-0.15, -0.1) is 22.7 Å². The number of halogens is 1. The fourth-order valence-corrected chi connectivity index (χ4v) is 4.71. The zero-order valence-electron chi connectivity index (χ0n) is 11.8. The van der Waals surface area contributed by atoms with E-state index in [9.17, 15) is 17.6 Å². The first-order valence-electron chi connectivity index (χ1n) is 6.41. The van der Waals surface area contributed by atoms with Crippen molar-refractivity contribution in [3.8, 4) is 10.6 Å². The summed E-state index contributed by atoms with van der Waals surface area (Å²) < 4.78 is 39.8. The molecule has 2 heterocycles. The summed E-state index contributed by atoms with van der Waals surface area (Å²) in [5, 5.41) is 11.9. The molecule has 3 aromatic rings. The van der Waals surface area contributed by atoms with Crippen molar-refractivity contribution in [2.24, 2.45) is 0 Å². The Morgan fingerprint density at radius 3 is 2.50 bits per heavy atom. The van der Waals surface area contributed by atoms with Crippen molar-refractivity contribution < 1.29 is 22.7 Å². The highest BCUT2D eigenvalue weighted by Crippen LogP contribution is 2.27. The number of benzene rings is 1. The normalized spacial score (nSPS) is 11.4. The van der Waals surface area contributed by atoms with E-state index < -0.39 is 21.8 Å². The van der Waals surface area contributed by atoms with Crippen LogP contribution in [0.2, 0.25) is 0 Å². The van der Waals surface area contributed by atoms with Gasteiger partial charge in [0.2, 0.25) is 0 Å². The van der Waals surface area contributed by atoms with Gasteiger partial charge in [0, 0.05) is 16.3 Å². The standard InChI is InChI=1S/C14H9FN2O4S3/c15-9-3-1-8(2-4-9)13-16-12(7-23-13)24(20,21)17-10-5-11(14(18)19)22-6-10/h1-7,17H,(H,18,19). The molecule has 24 heavy (non-hydrogen) atoms. The number of sulfonamides is 1. The van der Waals surface area contributed by atoms with Crippen molar-refractivity contribution in [2.75, 3.05) is 4.72 Å². The third kappa shape index (κ3) is 3.45. The molecule has 0 aliphatic heterocycles. The Kier molecular flexibility index (Phi) is 4.35. The van der Waals surface area contributed by atoms with Gasteiger partial charge in [0.25, 0.3) is 10.0 Å². The second-order valence-electron chi connectivity index (χ2n) is 4.61. The van der Waals surface area contributed by atoms with E-state index in [1.807, 2.05) is 0 Å². The Bertz CT molecular complexity index is 993. The van der Waals surface area contributed by atoms with Crippen LogP contribution < -0.4 is 4.72 Å². The smallest absolute Gasteiger partial charge is 0.345 e. The van der Waals surface area contributed by atoms with Gasteiger partial charge < -0.3 is 5.11 Å². The molecule has 124 valence electrons. The van der Waals surface area contributed by atoms with Gasteiger partial charge in [-0.1, -0.05) is 0 Å². The summed E-state index contributed by atoms with van der Waals surface area (Å²) in [4.78, 5) is 14.9. The largest absolute Gasteiger partial charge is 0.477 e. The third-order valence-corrected chi connectivity index (χ3v) is 6.14. The molecular weight excluding hydrogens is 375 g/mol. The lowest BCUT2D eigenvalue weighted by molar-refractivity contribution is 0.0702. The summed E-state index contributed by atoms with van der Waals surface area (Å²) in [7, 11) is -3.93. The monoisotopic (exact) mass is 384 g/mol. The number of carbonyl (C=O) groups is 1. The van der Waals surface area contributed by atoms with Crippen molar-refractivity contribution in [3.05, 3.63) is 51.8 Å². The molecule has 1 aromatic carbocycles. The van der Waals surface area contributed by atoms with Crippen LogP contribution >= 0.6 is 22.7 Å². The third-order valence-electron chi connectivity index (χ3n) is 2.91. The molecule has 0 amide bonds. The molecule has 0 spiro atoms. The minimum atomic E-state index is -3.93. The number of hydrogen-bond donors (Lipinski definition) is 2.